The van der Waals surface area contributed by atoms with Crippen molar-refractivity contribution in [3.8, 4) is 28.3 Å². The zero-order valence-corrected chi connectivity index (χ0v) is 17.9. The standard InChI is InChI=1S/C24H21N5O3/c1-4-31-20-12-16(14-7-8-18-19(11-14)32-24(30)29(18)3)10-17-21(20)27-22(28-23(17)25-2)15-6-5-9-26-13-15/h5-13H,4H2,1-3H3,(H,25,27,28). The largest absolute Gasteiger partial charge is 0.492 e. The first-order chi connectivity index (χ1) is 15.6. The molecule has 32 heavy (non-hydrogen) atoms. The van der Waals surface area contributed by atoms with Gasteiger partial charge in [0.2, 0.25) is 0 Å². The summed E-state index contributed by atoms with van der Waals surface area (Å²) in [6, 6.07) is 13.4. The van der Waals surface area contributed by atoms with Crippen LogP contribution in [0.5, 0.6) is 5.75 Å². The monoisotopic (exact) mass is 427 g/mol. The van der Waals surface area contributed by atoms with Crippen LogP contribution in [0, 0.1) is 0 Å². The van der Waals surface area contributed by atoms with Gasteiger partial charge in [-0.2, -0.15) is 0 Å². The van der Waals surface area contributed by atoms with Gasteiger partial charge in [-0.25, -0.2) is 14.8 Å². The van der Waals surface area contributed by atoms with Crippen molar-refractivity contribution in [2.45, 2.75) is 6.92 Å². The molecule has 0 aliphatic heterocycles. The molecule has 0 radical (unpaired) electrons. The third kappa shape index (κ3) is 3.26. The Labute approximate surface area is 183 Å². The van der Waals surface area contributed by atoms with Crippen molar-refractivity contribution in [1.82, 2.24) is 19.5 Å². The third-order valence-corrected chi connectivity index (χ3v) is 5.35. The number of pyridine rings is 1. The first kappa shape index (κ1) is 19.7. The molecule has 0 aliphatic carbocycles. The van der Waals surface area contributed by atoms with Gasteiger partial charge in [0.25, 0.3) is 0 Å². The second-order valence-electron chi connectivity index (χ2n) is 7.30. The smallest absolute Gasteiger partial charge is 0.419 e. The summed E-state index contributed by atoms with van der Waals surface area (Å²) in [5.74, 6) is 1.51. The zero-order valence-electron chi connectivity index (χ0n) is 17.9. The molecule has 0 bridgehead atoms. The minimum absolute atomic E-state index is 0.389. The number of oxazole rings is 1. The molecule has 1 N–H and O–H groups in total. The lowest BCUT2D eigenvalue weighted by Crippen LogP contribution is -2.08. The van der Waals surface area contributed by atoms with E-state index in [0.717, 1.165) is 27.6 Å². The van der Waals surface area contributed by atoms with Crippen molar-refractivity contribution in [2.24, 2.45) is 7.05 Å². The third-order valence-electron chi connectivity index (χ3n) is 5.35. The van der Waals surface area contributed by atoms with Crippen LogP contribution < -0.4 is 15.8 Å². The van der Waals surface area contributed by atoms with Gasteiger partial charge in [0.15, 0.2) is 11.4 Å². The lowest BCUT2D eigenvalue weighted by molar-refractivity contribution is 0.344. The van der Waals surface area contributed by atoms with E-state index >= 15 is 0 Å². The van der Waals surface area contributed by atoms with Gasteiger partial charge >= 0.3 is 5.76 Å². The van der Waals surface area contributed by atoms with Gasteiger partial charge in [-0.1, -0.05) is 6.07 Å². The van der Waals surface area contributed by atoms with Gasteiger partial charge in [-0.3, -0.25) is 9.55 Å². The van der Waals surface area contributed by atoms with E-state index in [1.54, 1.807) is 19.4 Å². The highest BCUT2D eigenvalue weighted by Gasteiger charge is 2.16. The molecule has 0 spiro atoms. The number of nitrogens with zero attached hydrogens (tertiary/aromatic N) is 4. The van der Waals surface area contributed by atoms with Crippen molar-refractivity contribution >= 4 is 27.8 Å². The van der Waals surface area contributed by atoms with Crippen molar-refractivity contribution < 1.29 is 9.15 Å². The van der Waals surface area contributed by atoms with Crippen LogP contribution in [0.1, 0.15) is 6.92 Å². The van der Waals surface area contributed by atoms with Gasteiger partial charge in [0.1, 0.15) is 17.1 Å². The summed E-state index contributed by atoms with van der Waals surface area (Å²) in [4.78, 5) is 25.6. The lowest BCUT2D eigenvalue weighted by atomic mass is 10.0. The summed E-state index contributed by atoms with van der Waals surface area (Å²) < 4.78 is 12.8. The zero-order chi connectivity index (χ0) is 22.2. The second kappa shape index (κ2) is 7.81. The van der Waals surface area contributed by atoms with Gasteiger partial charge in [-0.05, 0) is 54.4 Å². The Balaban J connectivity index is 1.74. The average molecular weight is 427 g/mol. The van der Waals surface area contributed by atoms with E-state index < -0.39 is 0 Å². The number of anilines is 1. The Morgan fingerprint density at radius 1 is 1.09 bits per heavy atom. The van der Waals surface area contributed by atoms with Crippen LogP contribution in [0.4, 0.5) is 5.82 Å². The Hall–Kier alpha value is -4.20. The first-order valence-corrected chi connectivity index (χ1v) is 10.3. The Morgan fingerprint density at radius 2 is 1.97 bits per heavy atom. The summed E-state index contributed by atoms with van der Waals surface area (Å²) in [6.07, 6.45) is 3.45. The maximum Gasteiger partial charge on any atom is 0.419 e. The molecule has 160 valence electrons. The summed E-state index contributed by atoms with van der Waals surface area (Å²) in [7, 11) is 3.51. The van der Waals surface area contributed by atoms with Gasteiger partial charge in [0, 0.05) is 37.4 Å². The minimum Gasteiger partial charge on any atom is -0.492 e. The van der Waals surface area contributed by atoms with Crippen LogP contribution in [0.15, 0.2) is 64.1 Å². The molecule has 5 aromatic rings. The number of rotatable bonds is 5. The number of benzene rings is 2. The van der Waals surface area contributed by atoms with Crippen LogP contribution in [-0.2, 0) is 7.05 Å². The maximum absolute atomic E-state index is 11.9. The van der Waals surface area contributed by atoms with E-state index in [2.05, 4.69) is 10.3 Å². The quantitative estimate of drug-likeness (QED) is 0.448. The van der Waals surface area contributed by atoms with E-state index in [9.17, 15) is 4.79 Å². The fraction of sp³-hybridized carbons (Fsp3) is 0.167. The molecular formula is C24H21N5O3. The normalized spacial score (nSPS) is 11.2. The second-order valence-corrected chi connectivity index (χ2v) is 7.30. The molecule has 3 heterocycles. The van der Waals surface area contributed by atoms with E-state index in [1.807, 2.05) is 56.4 Å². The van der Waals surface area contributed by atoms with Crippen molar-refractivity contribution in [1.29, 1.82) is 0 Å². The van der Waals surface area contributed by atoms with Crippen LogP contribution in [0.25, 0.3) is 44.5 Å². The van der Waals surface area contributed by atoms with Crippen molar-refractivity contribution in [2.75, 3.05) is 19.0 Å². The fourth-order valence-electron chi connectivity index (χ4n) is 3.76. The molecule has 0 atom stereocenters. The van der Waals surface area contributed by atoms with E-state index in [-0.39, 0.29) is 5.76 Å². The van der Waals surface area contributed by atoms with Crippen LogP contribution >= 0.6 is 0 Å². The molecule has 3 aromatic heterocycles. The molecule has 8 heteroatoms. The summed E-state index contributed by atoms with van der Waals surface area (Å²) in [6.45, 7) is 2.43. The van der Waals surface area contributed by atoms with Gasteiger partial charge in [-0.15, -0.1) is 0 Å². The van der Waals surface area contributed by atoms with Crippen molar-refractivity contribution in [3.63, 3.8) is 0 Å². The molecule has 0 aliphatic rings. The van der Waals surface area contributed by atoms with E-state index in [4.69, 9.17) is 19.1 Å². The van der Waals surface area contributed by atoms with E-state index in [0.29, 0.717) is 35.1 Å². The first-order valence-electron chi connectivity index (χ1n) is 10.3. The minimum atomic E-state index is -0.389. The number of aryl methyl sites for hydroxylation is 1. The Kier molecular flexibility index (Phi) is 4.82. The molecule has 8 nitrogen and oxygen atoms in total. The molecule has 0 fully saturated rings. The SMILES string of the molecule is CCOc1cc(-c2ccc3c(c2)oc(=O)n3C)cc2c(NC)nc(-c3cccnc3)nc12. The number of ether oxygens (including phenoxy) is 1. The lowest BCUT2D eigenvalue weighted by Gasteiger charge is -2.14. The van der Waals surface area contributed by atoms with Crippen molar-refractivity contribution in [3.05, 3.63) is 65.4 Å². The molecule has 0 amide bonds. The average Bonchev–Trinajstić information content (AvgIpc) is 3.11. The number of nitrogens with one attached hydrogen (secondary N) is 1. The van der Waals surface area contributed by atoms with Crippen LogP contribution in [-0.4, -0.2) is 33.2 Å². The van der Waals surface area contributed by atoms with Crippen LogP contribution in [0.3, 0.4) is 0 Å². The number of aromatic nitrogens is 4. The number of hydrogen-bond acceptors (Lipinski definition) is 7. The summed E-state index contributed by atoms with van der Waals surface area (Å²) >= 11 is 0. The summed E-state index contributed by atoms with van der Waals surface area (Å²) in [5, 5.41) is 4.01. The van der Waals surface area contributed by atoms with Gasteiger partial charge in [0.05, 0.1) is 12.1 Å². The highest BCUT2D eigenvalue weighted by Crippen LogP contribution is 2.36. The number of hydrogen-bond donors (Lipinski definition) is 1. The van der Waals surface area contributed by atoms with Gasteiger partial charge < -0.3 is 14.5 Å². The molecular weight excluding hydrogens is 406 g/mol. The molecule has 0 saturated carbocycles. The highest BCUT2D eigenvalue weighted by molar-refractivity contribution is 5.98. The molecule has 2 aromatic carbocycles. The number of fused-ring (bicyclic) bond motifs is 2. The predicted molar refractivity (Wildman–Crippen MR) is 124 cm³/mol. The van der Waals surface area contributed by atoms with E-state index in [1.165, 1.54) is 4.57 Å². The highest BCUT2D eigenvalue weighted by atomic mass is 16.5. The Morgan fingerprint density at radius 3 is 2.72 bits per heavy atom. The molecule has 0 unspecified atom stereocenters. The molecule has 0 saturated heterocycles. The maximum atomic E-state index is 11.9. The Bertz CT molecular complexity index is 1510. The topological polar surface area (TPSA) is 95.1 Å². The fourth-order valence-corrected chi connectivity index (χ4v) is 3.76. The van der Waals surface area contributed by atoms with Crippen LogP contribution in [0.2, 0.25) is 0 Å². The summed E-state index contributed by atoms with van der Waals surface area (Å²) in [5.41, 5.74) is 4.61. The molecule has 5 rings (SSSR count). The predicted octanol–water partition coefficient (Wildman–Crippen LogP) is 4.24.